The SMILES string of the molecule is CC1(C)OB(c2cc(CCc3cncnc3)cc(CCc3cncnc3)c2)OC1(C)C. The van der Waals surface area contributed by atoms with Crippen molar-refractivity contribution >= 4 is 12.6 Å². The summed E-state index contributed by atoms with van der Waals surface area (Å²) in [6.45, 7) is 8.34. The summed E-state index contributed by atoms with van der Waals surface area (Å²) in [5.74, 6) is 0. The van der Waals surface area contributed by atoms with Crippen LogP contribution in [0.25, 0.3) is 0 Å². The average Bonchev–Trinajstić information content (AvgIpc) is 2.99. The summed E-state index contributed by atoms with van der Waals surface area (Å²) >= 11 is 0. The van der Waals surface area contributed by atoms with E-state index in [1.54, 1.807) is 12.7 Å². The number of aromatic nitrogens is 4. The molecule has 0 spiro atoms. The highest BCUT2D eigenvalue weighted by molar-refractivity contribution is 6.62. The zero-order valence-electron chi connectivity index (χ0n) is 18.7. The van der Waals surface area contributed by atoms with Crippen LogP contribution in [0.5, 0.6) is 0 Å². The Morgan fingerprint density at radius 2 is 1.00 bits per heavy atom. The van der Waals surface area contributed by atoms with Crippen LogP contribution in [0.3, 0.4) is 0 Å². The number of hydrogen-bond donors (Lipinski definition) is 0. The zero-order chi connectivity index (χ0) is 21.9. The monoisotopic (exact) mass is 416 g/mol. The maximum atomic E-state index is 6.32. The fraction of sp³-hybridized carbons (Fsp3) is 0.417. The Balaban J connectivity index is 1.57. The predicted molar refractivity (Wildman–Crippen MR) is 121 cm³/mol. The third-order valence-electron chi connectivity index (χ3n) is 6.23. The lowest BCUT2D eigenvalue weighted by Crippen LogP contribution is -2.41. The van der Waals surface area contributed by atoms with Crippen molar-refractivity contribution in [3.63, 3.8) is 0 Å². The van der Waals surface area contributed by atoms with Crippen LogP contribution in [0.15, 0.2) is 55.6 Å². The molecule has 0 amide bonds. The molecule has 1 fully saturated rings. The maximum absolute atomic E-state index is 6.32. The number of hydrogen-bond acceptors (Lipinski definition) is 6. The standard InChI is InChI=1S/C24H29BN4O2/c1-23(2)24(3,4)31-25(30-23)22-10-18(5-7-20-12-26-16-27-13-20)9-19(11-22)6-8-21-14-28-17-29-15-21/h9-17H,5-8H2,1-4H3. The van der Waals surface area contributed by atoms with E-state index in [0.29, 0.717) is 0 Å². The molecule has 3 heterocycles. The molecule has 7 heteroatoms. The molecule has 1 aromatic carbocycles. The second-order valence-corrected chi connectivity index (χ2v) is 9.16. The molecule has 4 rings (SSSR count). The quantitative estimate of drug-likeness (QED) is 0.552. The van der Waals surface area contributed by atoms with Gasteiger partial charge in [0.05, 0.1) is 11.2 Å². The van der Waals surface area contributed by atoms with Gasteiger partial charge in [-0.15, -0.1) is 0 Å². The molecule has 0 atom stereocenters. The number of aryl methyl sites for hydroxylation is 4. The lowest BCUT2D eigenvalue weighted by Gasteiger charge is -2.32. The van der Waals surface area contributed by atoms with Gasteiger partial charge in [-0.2, -0.15) is 0 Å². The normalized spacial score (nSPS) is 17.1. The van der Waals surface area contributed by atoms with Crippen LogP contribution < -0.4 is 5.46 Å². The molecule has 0 unspecified atom stereocenters. The summed E-state index contributed by atoms with van der Waals surface area (Å²) in [5, 5.41) is 0. The van der Waals surface area contributed by atoms with E-state index < -0.39 is 0 Å². The molecule has 6 nitrogen and oxygen atoms in total. The molecule has 31 heavy (non-hydrogen) atoms. The minimum atomic E-state index is -0.371. The molecule has 0 N–H and O–H groups in total. The second-order valence-electron chi connectivity index (χ2n) is 9.16. The molecule has 1 aliphatic heterocycles. The van der Waals surface area contributed by atoms with Gasteiger partial charge in [-0.3, -0.25) is 0 Å². The van der Waals surface area contributed by atoms with Crippen molar-refractivity contribution in [2.75, 3.05) is 0 Å². The van der Waals surface area contributed by atoms with Crippen molar-refractivity contribution < 1.29 is 9.31 Å². The van der Waals surface area contributed by atoms with Crippen LogP contribution in [-0.4, -0.2) is 38.3 Å². The Labute approximate surface area is 184 Å². The van der Waals surface area contributed by atoms with E-state index in [9.17, 15) is 0 Å². The summed E-state index contributed by atoms with van der Waals surface area (Å²) in [7, 11) is -0.371. The van der Waals surface area contributed by atoms with Gasteiger partial charge >= 0.3 is 7.12 Å². The molecular weight excluding hydrogens is 387 g/mol. The minimum Gasteiger partial charge on any atom is -0.399 e. The molecule has 0 radical (unpaired) electrons. The Morgan fingerprint density at radius 3 is 1.42 bits per heavy atom. The Bertz CT molecular complexity index is 935. The summed E-state index contributed by atoms with van der Waals surface area (Å²) in [6, 6.07) is 6.70. The van der Waals surface area contributed by atoms with Gasteiger partial charge in [0, 0.05) is 24.8 Å². The smallest absolute Gasteiger partial charge is 0.399 e. The fourth-order valence-electron chi connectivity index (χ4n) is 3.69. The van der Waals surface area contributed by atoms with Gasteiger partial charge in [-0.25, -0.2) is 19.9 Å². The maximum Gasteiger partial charge on any atom is 0.494 e. The molecule has 0 aliphatic carbocycles. The third kappa shape index (κ3) is 5.17. The molecule has 160 valence electrons. The number of nitrogens with zero attached hydrogens (tertiary/aromatic N) is 4. The van der Waals surface area contributed by atoms with Crippen LogP contribution in [-0.2, 0) is 35.0 Å². The van der Waals surface area contributed by atoms with Crippen molar-refractivity contribution in [3.05, 3.63) is 77.9 Å². The first-order chi connectivity index (χ1) is 14.8. The van der Waals surface area contributed by atoms with Crippen molar-refractivity contribution in [2.24, 2.45) is 0 Å². The highest BCUT2D eigenvalue weighted by Crippen LogP contribution is 2.36. The van der Waals surface area contributed by atoms with E-state index in [1.165, 1.54) is 11.1 Å². The summed E-state index contributed by atoms with van der Waals surface area (Å²) in [4.78, 5) is 16.5. The summed E-state index contributed by atoms with van der Waals surface area (Å²) < 4.78 is 12.6. The molecule has 1 saturated heterocycles. The van der Waals surface area contributed by atoms with E-state index in [2.05, 4.69) is 65.8 Å². The van der Waals surface area contributed by atoms with Gasteiger partial charge < -0.3 is 9.31 Å². The Kier molecular flexibility index (Phi) is 6.16. The number of rotatable bonds is 7. The molecule has 0 saturated carbocycles. The van der Waals surface area contributed by atoms with E-state index in [0.717, 1.165) is 42.3 Å². The van der Waals surface area contributed by atoms with Crippen LogP contribution in [0.4, 0.5) is 0 Å². The highest BCUT2D eigenvalue weighted by Gasteiger charge is 2.51. The van der Waals surface area contributed by atoms with Crippen molar-refractivity contribution in [1.82, 2.24) is 19.9 Å². The molecule has 1 aliphatic rings. The first kappa shape index (κ1) is 21.6. The topological polar surface area (TPSA) is 70.0 Å². The van der Waals surface area contributed by atoms with E-state index >= 15 is 0 Å². The van der Waals surface area contributed by atoms with Crippen molar-refractivity contribution in [2.45, 2.75) is 64.6 Å². The van der Waals surface area contributed by atoms with E-state index in [1.807, 2.05) is 24.8 Å². The van der Waals surface area contributed by atoms with Crippen LogP contribution in [0, 0.1) is 0 Å². The van der Waals surface area contributed by atoms with Crippen LogP contribution >= 0.6 is 0 Å². The van der Waals surface area contributed by atoms with Gasteiger partial charge in [0.15, 0.2) is 0 Å². The second kappa shape index (κ2) is 8.85. The van der Waals surface area contributed by atoms with Crippen LogP contribution in [0.2, 0.25) is 0 Å². The lowest BCUT2D eigenvalue weighted by atomic mass is 9.76. The predicted octanol–water partition coefficient (Wildman–Crippen LogP) is 3.14. The first-order valence-corrected chi connectivity index (χ1v) is 10.8. The van der Waals surface area contributed by atoms with Gasteiger partial charge in [0.1, 0.15) is 12.7 Å². The zero-order valence-corrected chi connectivity index (χ0v) is 18.7. The Hall–Kier alpha value is -2.64. The van der Waals surface area contributed by atoms with Gasteiger partial charge in [0.25, 0.3) is 0 Å². The summed E-state index contributed by atoms with van der Waals surface area (Å²) in [6.07, 6.45) is 14.2. The largest absolute Gasteiger partial charge is 0.494 e. The first-order valence-electron chi connectivity index (χ1n) is 10.8. The Morgan fingerprint density at radius 1 is 0.613 bits per heavy atom. The van der Waals surface area contributed by atoms with Gasteiger partial charge in [-0.05, 0) is 81.1 Å². The van der Waals surface area contributed by atoms with E-state index in [4.69, 9.17) is 9.31 Å². The lowest BCUT2D eigenvalue weighted by molar-refractivity contribution is 0.00578. The van der Waals surface area contributed by atoms with E-state index in [-0.39, 0.29) is 18.3 Å². The van der Waals surface area contributed by atoms with Gasteiger partial charge in [-0.1, -0.05) is 18.2 Å². The molecule has 2 aromatic heterocycles. The average molecular weight is 416 g/mol. The van der Waals surface area contributed by atoms with Gasteiger partial charge in [0.2, 0.25) is 0 Å². The third-order valence-corrected chi connectivity index (χ3v) is 6.23. The molecule has 3 aromatic rings. The molecule has 0 bridgehead atoms. The van der Waals surface area contributed by atoms with Crippen LogP contribution in [0.1, 0.15) is 49.9 Å². The van der Waals surface area contributed by atoms with Crippen molar-refractivity contribution in [1.29, 1.82) is 0 Å². The fourth-order valence-corrected chi connectivity index (χ4v) is 3.69. The summed E-state index contributed by atoms with van der Waals surface area (Å²) in [5.41, 5.74) is 5.12. The highest BCUT2D eigenvalue weighted by atomic mass is 16.7. The molecular formula is C24H29BN4O2. The number of benzene rings is 1. The van der Waals surface area contributed by atoms with Crippen molar-refractivity contribution in [3.8, 4) is 0 Å². The minimum absolute atomic E-state index is 0.364.